The zero-order valence-electron chi connectivity index (χ0n) is 7.96. The molecule has 1 aromatic rings. The Morgan fingerprint density at radius 3 is 2.87 bits per heavy atom. The van der Waals surface area contributed by atoms with Crippen LogP contribution in [0.15, 0.2) is 12.1 Å². The molecule has 6 N–H and O–H groups in total. The van der Waals surface area contributed by atoms with Crippen LogP contribution in [-0.2, 0) is 0 Å². The first-order chi connectivity index (χ1) is 7.09. The van der Waals surface area contributed by atoms with Crippen molar-refractivity contribution in [2.45, 2.75) is 0 Å². The number of amides is 2. The maximum Gasteiger partial charge on any atom is 0.312 e. The maximum atomic E-state index is 10.4. The average Bonchev–Trinajstić information content (AvgIpc) is 2.17. The van der Waals surface area contributed by atoms with E-state index in [9.17, 15) is 4.79 Å². The Kier molecular flexibility index (Phi) is 3.99. The summed E-state index contributed by atoms with van der Waals surface area (Å²) < 4.78 is 0. The normalized spacial score (nSPS) is 9.67. The number of primary amides is 1. The number of hydrogen-bond acceptors (Lipinski definition) is 4. The third-order valence-electron chi connectivity index (χ3n) is 1.61. The Balaban J connectivity index is 2.43. The standard InChI is InChI=1S/C8H12ClN5O/c9-6-2-1-5(10)7(14-6)12-3-4-13-8(11)15/h1-2H,3-4,10H2,(H,12,14)(H3,11,13,15). The van der Waals surface area contributed by atoms with Crippen LogP contribution in [0.1, 0.15) is 0 Å². The highest BCUT2D eigenvalue weighted by Gasteiger charge is 2.00. The zero-order valence-corrected chi connectivity index (χ0v) is 8.71. The molecular formula is C8H12ClN5O. The van der Waals surface area contributed by atoms with Crippen LogP contribution in [0.2, 0.25) is 5.15 Å². The topological polar surface area (TPSA) is 106 Å². The van der Waals surface area contributed by atoms with Crippen LogP contribution in [-0.4, -0.2) is 24.1 Å². The molecule has 1 rings (SSSR count). The van der Waals surface area contributed by atoms with E-state index in [1.54, 1.807) is 12.1 Å². The Bertz CT molecular complexity index is 357. The van der Waals surface area contributed by atoms with Crippen molar-refractivity contribution < 1.29 is 4.79 Å². The predicted octanol–water partition coefficient (Wildman–Crippen LogP) is 0.397. The molecular weight excluding hydrogens is 218 g/mol. The summed E-state index contributed by atoms with van der Waals surface area (Å²) in [5.41, 5.74) is 11.0. The Hall–Kier alpha value is -1.69. The number of pyridine rings is 1. The number of anilines is 2. The number of nitrogens with two attached hydrogens (primary N) is 2. The van der Waals surface area contributed by atoms with Gasteiger partial charge >= 0.3 is 6.03 Å². The minimum Gasteiger partial charge on any atom is -0.396 e. The number of carbonyl (C=O) groups excluding carboxylic acids is 1. The molecule has 0 saturated heterocycles. The van der Waals surface area contributed by atoms with Crippen molar-refractivity contribution in [2.75, 3.05) is 24.1 Å². The van der Waals surface area contributed by atoms with Crippen LogP contribution in [0.25, 0.3) is 0 Å². The molecule has 0 aliphatic carbocycles. The molecule has 0 saturated carbocycles. The van der Waals surface area contributed by atoms with Gasteiger partial charge in [0, 0.05) is 13.1 Å². The van der Waals surface area contributed by atoms with E-state index in [1.165, 1.54) is 0 Å². The fourth-order valence-electron chi connectivity index (χ4n) is 0.954. The van der Waals surface area contributed by atoms with Crippen molar-refractivity contribution in [3.8, 4) is 0 Å². The van der Waals surface area contributed by atoms with E-state index in [-0.39, 0.29) is 0 Å². The predicted molar refractivity (Wildman–Crippen MR) is 59.7 cm³/mol. The van der Waals surface area contributed by atoms with Gasteiger partial charge < -0.3 is 22.1 Å². The van der Waals surface area contributed by atoms with Gasteiger partial charge in [-0.2, -0.15) is 0 Å². The number of urea groups is 1. The molecule has 15 heavy (non-hydrogen) atoms. The smallest absolute Gasteiger partial charge is 0.312 e. The van der Waals surface area contributed by atoms with Gasteiger partial charge in [-0.15, -0.1) is 0 Å². The van der Waals surface area contributed by atoms with Gasteiger partial charge in [0.2, 0.25) is 0 Å². The van der Waals surface area contributed by atoms with Gasteiger partial charge in [0.1, 0.15) is 5.15 Å². The first-order valence-corrected chi connectivity index (χ1v) is 4.66. The number of nitrogens with one attached hydrogen (secondary N) is 2. The number of aromatic nitrogens is 1. The number of hydrogen-bond donors (Lipinski definition) is 4. The highest BCUT2D eigenvalue weighted by Crippen LogP contribution is 2.17. The second-order valence-corrected chi connectivity index (χ2v) is 3.18. The van der Waals surface area contributed by atoms with Gasteiger partial charge in [-0.05, 0) is 12.1 Å². The third-order valence-corrected chi connectivity index (χ3v) is 1.82. The fourth-order valence-corrected chi connectivity index (χ4v) is 1.10. The summed E-state index contributed by atoms with van der Waals surface area (Å²) in [5, 5.41) is 5.70. The van der Waals surface area contributed by atoms with E-state index in [4.69, 9.17) is 23.1 Å². The van der Waals surface area contributed by atoms with Crippen LogP contribution in [0.5, 0.6) is 0 Å². The zero-order chi connectivity index (χ0) is 11.3. The molecule has 6 nitrogen and oxygen atoms in total. The Morgan fingerprint density at radius 1 is 1.47 bits per heavy atom. The van der Waals surface area contributed by atoms with E-state index in [1.807, 2.05) is 0 Å². The van der Waals surface area contributed by atoms with Crippen LogP contribution < -0.4 is 22.1 Å². The molecule has 0 spiro atoms. The lowest BCUT2D eigenvalue weighted by molar-refractivity contribution is 0.249. The summed E-state index contributed by atoms with van der Waals surface area (Å²) >= 11 is 5.68. The highest BCUT2D eigenvalue weighted by atomic mass is 35.5. The second-order valence-electron chi connectivity index (χ2n) is 2.79. The van der Waals surface area contributed by atoms with E-state index >= 15 is 0 Å². The fraction of sp³-hybridized carbons (Fsp3) is 0.250. The number of nitrogens with zero attached hydrogens (tertiary/aromatic N) is 1. The van der Waals surface area contributed by atoms with Gasteiger partial charge in [0.25, 0.3) is 0 Å². The molecule has 0 aromatic carbocycles. The van der Waals surface area contributed by atoms with Gasteiger partial charge in [0.05, 0.1) is 5.69 Å². The molecule has 1 aromatic heterocycles. The molecule has 0 fully saturated rings. The molecule has 0 aliphatic rings. The van der Waals surface area contributed by atoms with Crippen LogP contribution in [0.3, 0.4) is 0 Å². The summed E-state index contributed by atoms with van der Waals surface area (Å²) in [7, 11) is 0. The average molecular weight is 230 g/mol. The molecule has 0 radical (unpaired) electrons. The number of nitrogen functional groups attached to an aromatic ring is 1. The van der Waals surface area contributed by atoms with Gasteiger partial charge in [-0.25, -0.2) is 9.78 Å². The molecule has 7 heteroatoms. The SMILES string of the molecule is NC(=O)NCCNc1nc(Cl)ccc1N. The van der Waals surface area contributed by atoms with E-state index in [2.05, 4.69) is 15.6 Å². The number of rotatable bonds is 4. The molecule has 2 amide bonds. The quantitative estimate of drug-likeness (QED) is 0.443. The molecule has 0 aliphatic heterocycles. The van der Waals surface area contributed by atoms with Gasteiger partial charge in [0.15, 0.2) is 5.82 Å². The minimum absolute atomic E-state index is 0.356. The monoisotopic (exact) mass is 229 g/mol. The molecule has 0 atom stereocenters. The van der Waals surface area contributed by atoms with Gasteiger partial charge in [-0.1, -0.05) is 11.6 Å². The lowest BCUT2D eigenvalue weighted by atomic mass is 10.4. The number of carbonyl (C=O) groups is 1. The molecule has 0 bridgehead atoms. The first kappa shape index (κ1) is 11.4. The third kappa shape index (κ3) is 3.90. The maximum absolute atomic E-state index is 10.4. The van der Waals surface area contributed by atoms with E-state index < -0.39 is 6.03 Å². The number of halogens is 1. The van der Waals surface area contributed by atoms with Crippen molar-refractivity contribution in [1.82, 2.24) is 10.3 Å². The minimum atomic E-state index is -0.566. The summed E-state index contributed by atoms with van der Waals surface area (Å²) in [4.78, 5) is 14.3. The molecule has 1 heterocycles. The van der Waals surface area contributed by atoms with Crippen LogP contribution in [0, 0.1) is 0 Å². The highest BCUT2D eigenvalue weighted by molar-refractivity contribution is 6.29. The summed E-state index contributed by atoms with van der Waals surface area (Å²) in [6.07, 6.45) is 0. The Labute approximate surface area is 92.0 Å². The first-order valence-electron chi connectivity index (χ1n) is 4.29. The van der Waals surface area contributed by atoms with Crippen molar-refractivity contribution in [3.63, 3.8) is 0 Å². The summed E-state index contributed by atoms with van der Waals surface area (Å²) in [6.45, 7) is 0.865. The van der Waals surface area contributed by atoms with Gasteiger partial charge in [-0.3, -0.25) is 0 Å². The summed E-state index contributed by atoms with van der Waals surface area (Å²) in [6, 6.07) is 2.69. The lowest BCUT2D eigenvalue weighted by Gasteiger charge is -2.08. The van der Waals surface area contributed by atoms with Crippen LogP contribution in [0.4, 0.5) is 16.3 Å². The van der Waals surface area contributed by atoms with Crippen LogP contribution >= 0.6 is 11.6 Å². The summed E-state index contributed by atoms with van der Waals surface area (Å²) in [5.74, 6) is 0.494. The van der Waals surface area contributed by atoms with Crippen molar-refractivity contribution in [2.24, 2.45) is 5.73 Å². The van der Waals surface area contributed by atoms with Crippen molar-refractivity contribution in [3.05, 3.63) is 17.3 Å². The second kappa shape index (κ2) is 5.26. The molecule has 82 valence electrons. The van der Waals surface area contributed by atoms with Crippen molar-refractivity contribution >= 4 is 29.1 Å². The van der Waals surface area contributed by atoms with E-state index in [0.29, 0.717) is 29.7 Å². The lowest BCUT2D eigenvalue weighted by Crippen LogP contribution is -2.33. The van der Waals surface area contributed by atoms with E-state index in [0.717, 1.165) is 0 Å². The van der Waals surface area contributed by atoms with Crippen molar-refractivity contribution in [1.29, 1.82) is 0 Å². The largest absolute Gasteiger partial charge is 0.396 e. The Morgan fingerprint density at radius 2 is 2.20 bits per heavy atom. The molecule has 0 unspecified atom stereocenters.